The van der Waals surface area contributed by atoms with E-state index in [9.17, 15) is 0 Å². The zero-order valence-electron chi connectivity index (χ0n) is 9.99. The van der Waals surface area contributed by atoms with Crippen LogP contribution in [-0.4, -0.2) is 5.11 Å². The summed E-state index contributed by atoms with van der Waals surface area (Å²) in [5.74, 6) is 0. The lowest BCUT2D eigenvalue weighted by Gasteiger charge is -2.11. The Kier molecular flexibility index (Phi) is 5.19. The predicted octanol–water partition coefficient (Wildman–Crippen LogP) is 4.59. The van der Waals surface area contributed by atoms with E-state index in [2.05, 4.69) is 26.6 Å². The quantitative estimate of drug-likeness (QED) is 0.788. The summed E-state index contributed by atoms with van der Waals surface area (Å²) >= 11 is 14.7. The Morgan fingerprint density at radius 3 is 2.68 bits per heavy atom. The number of nitrogens with one attached hydrogen (secondary N) is 2. The van der Waals surface area contributed by atoms with Gasteiger partial charge in [-0.05, 0) is 42.0 Å². The van der Waals surface area contributed by atoms with Gasteiger partial charge in [0.05, 0.1) is 0 Å². The summed E-state index contributed by atoms with van der Waals surface area (Å²) in [6.07, 6.45) is 0. The van der Waals surface area contributed by atoms with Gasteiger partial charge in [-0.1, -0.05) is 51.8 Å². The van der Waals surface area contributed by atoms with Crippen molar-refractivity contribution >= 4 is 50.5 Å². The third-order valence-electron chi connectivity index (χ3n) is 2.48. The Hall–Kier alpha value is -1.10. The molecule has 0 fully saturated rings. The second-order valence-electron chi connectivity index (χ2n) is 3.91. The van der Waals surface area contributed by atoms with Crippen LogP contribution in [0.3, 0.4) is 0 Å². The molecular formula is C14H12BrClN2S. The maximum atomic E-state index is 5.91. The van der Waals surface area contributed by atoms with E-state index >= 15 is 0 Å². The van der Waals surface area contributed by atoms with Crippen molar-refractivity contribution in [3.05, 3.63) is 63.6 Å². The minimum absolute atomic E-state index is 0.568. The molecule has 19 heavy (non-hydrogen) atoms. The number of thiocarbonyl (C=S) groups is 1. The van der Waals surface area contributed by atoms with Crippen LogP contribution in [0.5, 0.6) is 0 Å². The largest absolute Gasteiger partial charge is 0.358 e. The molecule has 0 bridgehead atoms. The Balaban J connectivity index is 1.90. The molecule has 0 unspecified atom stereocenters. The van der Waals surface area contributed by atoms with E-state index in [1.54, 1.807) is 0 Å². The number of hydrogen-bond donors (Lipinski definition) is 2. The summed E-state index contributed by atoms with van der Waals surface area (Å²) in [4.78, 5) is 0. The molecule has 0 saturated heterocycles. The average molecular weight is 356 g/mol. The highest BCUT2D eigenvalue weighted by Crippen LogP contribution is 2.16. The van der Waals surface area contributed by atoms with Crippen molar-refractivity contribution in [2.24, 2.45) is 0 Å². The van der Waals surface area contributed by atoms with Gasteiger partial charge in [-0.25, -0.2) is 0 Å². The molecule has 0 saturated carbocycles. The molecule has 0 aliphatic heterocycles. The maximum absolute atomic E-state index is 5.91. The lowest BCUT2D eigenvalue weighted by atomic mass is 10.2. The van der Waals surface area contributed by atoms with E-state index in [1.165, 1.54) is 0 Å². The van der Waals surface area contributed by atoms with Gasteiger partial charge in [0.25, 0.3) is 0 Å². The minimum atomic E-state index is 0.568. The van der Waals surface area contributed by atoms with Gasteiger partial charge in [-0.15, -0.1) is 0 Å². The molecule has 2 rings (SSSR count). The number of rotatable bonds is 3. The Morgan fingerprint density at radius 2 is 1.95 bits per heavy atom. The summed E-state index contributed by atoms with van der Waals surface area (Å²) in [5, 5.41) is 7.49. The topological polar surface area (TPSA) is 24.1 Å². The zero-order valence-corrected chi connectivity index (χ0v) is 13.1. The molecule has 98 valence electrons. The lowest BCUT2D eigenvalue weighted by molar-refractivity contribution is 0.920. The van der Waals surface area contributed by atoms with E-state index < -0.39 is 0 Å². The molecule has 0 aliphatic rings. The standard InChI is InChI=1S/C14H12BrClN2S/c15-13-7-2-1-4-10(13)9-17-14(19)18-12-6-3-5-11(16)8-12/h1-8H,9H2,(H2,17,18,19). The summed E-state index contributed by atoms with van der Waals surface area (Å²) in [6.45, 7) is 0.661. The molecule has 0 heterocycles. The van der Waals surface area contributed by atoms with Crippen molar-refractivity contribution in [2.45, 2.75) is 6.54 Å². The third-order valence-corrected chi connectivity index (χ3v) is 3.73. The molecule has 2 aromatic rings. The molecule has 0 aromatic heterocycles. The number of halogens is 2. The summed E-state index contributed by atoms with van der Waals surface area (Å²) in [6, 6.07) is 15.5. The van der Waals surface area contributed by atoms with Crippen LogP contribution in [-0.2, 0) is 6.54 Å². The molecule has 0 spiro atoms. The van der Waals surface area contributed by atoms with Crippen molar-refractivity contribution in [1.29, 1.82) is 0 Å². The van der Waals surface area contributed by atoms with E-state index in [0.717, 1.165) is 15.7 Å². The summed E-state index contributed by atoms with van der Waals surface area (Å²) in [5.41, 5.74) is 2.02. The van der Waals surface area contributed by atoms with Crippen LogP contribution in [0, 0.1) is 0 Å². The van der Waals surface area contributed by atoms with Gasteiger partial charge in [-0.3, -0.25) is 0 Å². The molecule has 2 aromatic carbocycles. The van der Waals surface area contributed by atoms with Crippen LogP contribution in [0.2, 0.25) is 5.02 Å². The highest BCUT2D eigenvalue weighted by molar-refractivity contribution is 9.10. The molecule has 0 amide bonds. The first-order chi connectivity index (χ1) is 9.15. The normalized spacial score (nSPS) is 10.0. The Morgan fingerprint density at radius 1 is 1.16 bits per heavy atom. The summed E-state index contributed by atoms with van der Waals surface area (Å²) in [7, 11) is 0. The van der Waals surface area contributed by atoms with Crippen molar-refractivity contribution in [1.82, 2.24) is 5.32 Å². The Labute approximate surface area is 131 Å². The van der Waals surface area contributed by atoms with Crippen LogP contribution in [0.25, 0.3) is 0 Å². The van der Waals surface area contributed by atoms with Gasteiger partial charge in [0.15, 0.2) is 5.11 Å². The van der Waals surface area contributed by atoms with Gasteiger partial charge < -0.3 is 10.6 Å². The van der Waals surface area contributed by atoms with Crippen molar-refractivity contribution < 1.29 is 0 Å². The highest BCUT2D eigenvalue weighted by Gasteiger charge is 2.01. The summed E-state index contributed by atoms with van der Waals surface area (Å²) < 4.78 is 1.06. The lowest BCUT2D eigenvalue weighted by Crippen LogP contribution is -2.27. The van der Waals surface area contributed by atoms with Crippen LogP contribution < -0.4 is 10.6 Å². The van der Waals surface area contributed by atoms with Gasteiger partial charge in [0.2, 0.25) is 0 Å². The number of benzene rings is 2. The van der Waals surface area contributed by atoms with E-state index in [0.29, 0.717) is 16.7 Å². The van der Waals surface area contributed by atoms with E-state index in [4.69, 9.17) is 23.8 Å². The Bertz CT molecular complexity index is 589. The zero-order chi connectivity index (χ0) is 13.7. The average Bonchev–Trinajstić information content (AvgIpc) is 2.38. The van der Waals surface area contributed by atoms with Crippen LogP contribution in [0.1, 0.15) is 5.56 Å². The fourth-order valence-corrected chi connectivity index (χ4v) is 2.36. The van der Waals surface area contributed by atoms with Crippen LogP contribution in [0.4, 0.5) is 5.69 Å². The SMILES string of the molecule is S=C(NCc1ccccc1Br)Nc1cccc(Cl)c1. The first-order valence-electron chi connectivity index (χ1n) is 5.69. The van der Waals surface area contributed by atoms with Gasteiger partial charge >= 0.3 is 0 Å². The predicted molar refractivity (Wildman–Crippen MR) is 88.7 cm³/mol. The van der Waals surface area contributed by atoms with Crippen molar-refractivity contribution in [2.75, 3.05) is 5.32 Å². The number of anilines is 1. The van der Waals surface area contributed by atoms with Crippen molar-refractivity contribution in [3.8, 4) is 0 Å². The van der Waals surface area contributed by atoms with Gasteiger partial charge in [0.1, 0.15) is 0 Å². The first kappa shape index (κ1) is 14.3. The molecule has 0 atom stereocenters. The molecule has 5 heteroatoms. The molecule has 2 N–H and O–H groups in total. The van der Waals surface area contributed by atoms with Crippen molar-refractivity contribution in [3.63, 3.8) is 0 Å². The van der Waals surface area contributed by atoms with Gasteiger partial charge in [0, 0.05) is 21.7 Å². The van der Waals surface area contributed by atoms with E-state index in [-0.39, 0.29) is 0 Å². The fraction of sp³-hybridized carbons (Fsp3) is 0.0714. The molecule has 0 aliphatic carbocycles. The van der Waals surface area contributed by atoms with E-state index in [1.807, 2.05) is 48.5 Å². The van der Waals surface area contributed by atoms with Crippen LogP contribution in [0.15, 0.2) is 53.0 Å². The molecule has 2 nitrogen and oxygen atoms in total. The second kappa shape index (κ2) is 6.89. The fourth-order valence-electron chi connectivity index (χ4n) is 1.56. The first-order valence-corrected chi connectivity index (χ1v) is 7.27. The van der Waals surface area contributed by atoms with Gasteiger partial charge in [-0.2, -0.15) is 0 Å². The minimum Gasteiger partial charge on any atom is -0.358 e. The number of hydrogen-bond acceptors (Lipinski definition) is 1. The monoisotopic (exact) mass is 354 g/mol. The van der Waals surface area contributed by atoms with Crippen LogP contribution >= 0.6 is 39.7 Å². The maximum Gasteiger partial charge on any atom is 0.171 e. The molecular weight excluding hydrogens is 344 g/mol. The smallest absolute Gasteiger partial charge is 0.171 e. The third kappa shape index (κ3) is 4.49. The molecule has 0 radical (unpaired) electrons. The second-order valence-corrected chi connectivity index (χ2v) is 5.61. The highest BCUT2D eigenvalue weighted by atomic mass is 79.9.